The van der Waals surface area contributed by atoms with E-state index in [2.05, 4.69) is 6.92 Å². The van der Waals surface area contributed by atoms with Gasteiger partial charge in [0.15, 0.2) is 0 Å². The molecule has 0 aliphatic heterocycles. The number of unbranched alkanes of at least 4 members (excludes halogenated alkanes) is 6. The Morgan fingerprint density at radius 2 is 1.52 bits per heavy atom. The number of rotatable bonds is 12. The van der Waals surface area contributed by atoms with Gasteiger partial charge in [-0.2, -0.15) is 0 Å². The van der Waals surface area contributed by atoms with E-state index in [1.807, 2.05) is 12.1 Å². The molecule has 0 bridgehead atoms. The van der Waals surface area contributed by atoms with Crippen molar-refractivity contribution in [2.75, 3.05) is 0 Å². The van der Waals surface area contributed by atoms with E-state index in [1.54, 1.807) is 12.1 Å². The maximum atomic E-state index is 11.4. The van der Waals surface area contributed by atoms with Crippen molar-refractivity contribution >= 4 is 11.9 Å². The van der Waals surface area contributed by atoms with Crippen LogP contribution in [0.5, 0.6) is 5.75 Å². The summed E-state index contributed by atoms with van der Waals surface area (Å²) < 4.78 is 5.07. The lowest BCUT2D eigenvalue weighted by Crippen LogP contribution is -2.23. The van der Waals surface area contributed by atoms with Crippen molar-refractivity contribution in [1.29, 1.82) is 0 Å². The second-order valence-electron chi connectivity index (χ2n) is 5.86. The molecule has 0 aromatic heterocycles. The fraction of sp³-hybridized carbons (Fsp3) is 0.579. The number of esters is 1. The predicted octanol–water partition coefficient (Wildman–Crippen LogP) is 3.42. The van der Waals surface area contributed by atoms with Gasteiger partial charge in [-0.3, -0.25) is 4.79 Å². The Morgan fingerprint density at radius 3 is 2.13 bits per heavy atom. The highest BCUT2D eigenvalue weighted by atomic mass is 16.5. The highest BCUT2D eigenvalue weighted by Crippen LogP contribution is 2.16. The number of hydrogen-bond acceptors (Lipinski definition) is 4. The molecule has 1 rings (SSSR count). The summed E-state index contributed by atoms with van der Waals surface area (Å²) in [5.41, 5.74) is 1.23. The Bertz CT molecular complexity index is 465. The summed E-state index contributed by atoms with van der Waals surface area (Å²) in [6, 6.07) is 7.43. The van der Waals surface area contributed by atoms with E-state index in [9.17, 15) is 14.7 Å². The first kappa shape index (κ1) is 19.2. The molecular weight excluding hydrogens is 292 g/mol. The Labute approximate surface area is 138 Å². The van der Waals surface area contributed by atoms with Crippen LogP contribution in [0.3, 0.4) is 0 Å². The van der Waals surface area contributed by atoms with Crippen molar-refractivity contribution in [3.8, 4) is 5.75 Å². The fourth-order valence-corrected chi connectivity index (χ4v) is 2.40. The van der Waals surface area contributed by atoms with Crippen LogP contribution in [0.15, 0.2) is 24.3 Å². The van der Waals surface area contributed by atoms with Crippen LogP contribution in [0.2, 0.25) is 0 Å². The van der Waals surface area contributed by atoms with Crippen molar-refractivity contribution in [2.24, 2.45) is 0 Å². The molecule has 0 unspecified atom stereocenters. The molecule has 0 saturated carbocycles. The highest BCUT2D eigenvalue weighted by molar-refractivity contribution is 5.77. The Morgan fingerprint density at radius 1 is 0.913 bits per heavy atom. The zero-order valence-electron chi connectivity index (χ0n) is 14.0. The lowest BCUT2D eigenvalue weighted by Gasteiger charge is -2.06. The van der Waals surface area contributed by atoms with E-state index in [0.717, 1.165) is 6.42 Å². The van der Waals surface area contributed by atoms with Gasteiger partial charge in [-0.15, -0.1) is 0 Å². The third-order valence-corrected chi connectivity index (χ3v) is 3.76. The number of carboxylic acids is 1. The van der Waals surface area contributed by atoms with Crippen molar-refractivity contribution in [2.45, 2.75) is 71.1 Å². The summed E-state index contributed by atoms with van der Waals surface area (Å²) in [7, 11) is 0. The molecule has 0 N–H and O–H groups in total. The third-order valence-electron chi connectivity index (χ3n) is 3.76. The Hall–Kier alpha value is -1.84. The maximum absolute atomic E-state index is 11.4. The molecule has 4 heteroatoms. The molecule has 0 saturated heterocycles. The number of carbonyl (C=O) groups excluding carboxylic acids is 2. The fourth-order valence-electron chi connectivity index (χ4n) is 2.40. The topological polar surface area (TPSA) is 66.4 Å². The van der Waals surface area contributed by atoms with E-state index < -0.39 is 11.9 Å². The number of benzene rings is 1. The predicted molar refractivity (Wildman–Crippen MR) is 88.0 cm³/mol. The van der Waals surface area contributed by atoms with E-state index in [-0.39, 0.29) is 12.8 Å². The number of aryl methyl sites for hydroxylation is 1. The summed E-state index contributed by atoms with van der Waals surface area (Å²) in [5, 5.41) is 10.3. The van der Waals surface area contributed by atoms with Gasteiger partial charge in [0.25, 0.3) is 0 Å². The summed E-state index contributed by atoms with van der Waals surface area (Å²) in [6.45, 7) is 2.23. The molecule has 0 radical (unpaired) electrons. The zero-order valence-corrected chi connectivity index (χ0v) is 14.0. The average molecular weight is 319 g/mol. The van der Waals surface area contributed by atoms with E-state index in [4.69, 9.17) is 4.74 Å². The van der Waals surface area contributed by atoms with Gasteiger partial charge >= 0.3 is 5.97 Å². The molecular formula is C19H27O4-. The maximum Gasteiger partial charge on any atom is 0.311 e. The first-order chi connectivity index (χ1) is 11.1. The smallest absolute Gasteiger partial charge is 0.311 e. The van der Waals surface area contributed by atoms with Gasteiger partial charge in [-0.05, 0) is 37.0 Å². The van der Waals surface area contributed by atoms with Crippen molar-refractivity contribution in [3.63, 3.8) is 0 Å². The largest absolute Gasteiger partial charge is 0.550 e. The van der Waals surface area contributed by atoms with Crippen LogP contribution in [-0.4, -0.2) is 11.9 Å². The van der Waals surface area contributed by atoms with Crippen LogP contribution in [0, 0.1) is 0 Å². The van der Waals surface area contributed by atoms with Gasteiger partial charge in [0, 0.05) is 5.97 Å². The van der Waals surface area contributed by atoms with Crippen LogP contribution in [0.4, 0.5) is 0 Å². The van der Waals surface area contributed by atoms with Crippen molar-refractivity contribution < 1.29 is 19.4 Å². The standard InChI is InChI=1S/C19H28O4/c1-2-3-4-5-6-7-8-9-16-10-12-17(13-11-16)23-19(22)15-14-18(20)21/h10-13H,2-9,14-15H2,1H3,(H,20,21)/p-1. The average Bonchev–Trinajstić information content (AvgIpc) is 2.53. The van der Waals surface area contributed by atoms with Gasteiger partial charge in [0.2, 0.25) is 0 Å². The first-order valence-corrected chi connectivity index (χ1v) is 8.61. The zero-order chi connectivity index (χ0) is 16.9. The summed E-state index contributed by atoms with van der Waals surface area (Å²) in [4.78, 5) is 21.7. The van der Waals surface area contributed by atoms with Gasteiger partial charge in [-0.25, -0.2) is 0 Å². The van der Waals surface area contributed by atoms with Gasteiger partial charge in [-0.1, -0.05) is 57.6 Å². The molecule has 0 fully saturated rings. The summed E-state index contributed by atoms with van der Waals surface area (Å²) in [5.74, 6) is -1.34. The van der Waals surface area contributed by atoms with Crippen LogP contribution in [0.25, 0.3) is 0 Å². The molecule has 0 aliphatic carbocycles. The minimum absolute atomic E-state index is 0.165. The van der Waals surface area contributed by atoms with Gasteiger partial charge in [0.05, 0.1) is 6.42 Å². The lowest BCUT2D eigenvalue weighted by atomic mass is 10.0. The second-order valence-corrected chi connectivity index (χ2v) is 5.86. The molecule has 0 aliphatic rings. The van der Waals surface area contributed by atoms with Crippen LogP contribution < -0.4 is 9.84 Å². The summed E-state index contributed by atoms with van der Waals surface area (Å²) in [6.07, 6.45) is 9.58. The molecule has 128 valence electrons. The van der Waals surface area contributed by atoms with Gasteiger partial charge in [0.1, 0.15) is 5.75 Å². The lowest BCUT2D eigenvalue weighted by molar-refractivity contribution is -0.305. The Kier molecular flexibility index (Phi) is 9.76. The minimum atomic E-state index is -1.24. The number of carbonyl (C=O) groups is 2. The molecule has 23 heavy (non-hydrogen) atoms. The molecule has 0 amide bonds. The monoisotopic (exact) mass is 319 g/mol. The number of aliphatic carboxylic acids is 1. The summed E-state index contributed by atoms with van der Waals surface area (Å²) >= 11 is 0. The molecule has 1 aromatic carbocycles. The van der Waals surface area contributed by atoms with Gasteiger partial charge < -0.3 is 14.6 Å². The quantitative estimate of drug-likeness (QED) is 0.336. The molecule has 1 aromatic rings. The number of carboxylic acid groups (broad SMARTS) is 1. The SMILES string of the molecule is CCCCCCCCCc1ccc(OC(=O)CCC(=O)[O-])cc1. The Balaban J connectivity index is 2.20. The van der Waals surface area contributed by atoms with E-state index in [1.165, 1.54) is 50.5 Å². The minimum Gasteiger partial charge on any atom is -0.550 e. The normalized spacial score (nSPS) is 10.5. The molecule has 0 atom stereocenters. The van der Waals surface area contributed by atoms with Crippen molar-refractivity contribution in [3.05, 3.63) is 29.8 Å². The number of hydrogen-bond donors (Lipinski definition) is 0. The molecule has 0 heterocycles. The first-order valence-electron chi connectivity index (χ1n) is 8.61. The molecule has 0 spiro atoms. The number of ether oxygens (including phenoxy) is 1. The van der Waals surface area contributed by atoms with Crippen molar-refractivity contribution in [1.82, 2.24) is 0 Å². The van der Waals surface area contributed by atoms with Crippen LogP contribution in [0.1, 0.15) is 70.3 Å². The van der Waals surface area contributed by atoms with E-state index in [0.29, 0.717) is 5.75 Å². The highest BCUT2D eigenvalue weighted by Gasteiger charge is 2.05. The van der Waals surface area contributed by atoms with E-state index >= 15 is 0 Å². The third kappa shape index (κ3) is 9.72. The molecule has 4 nitrogen and oxygen atoms in total. The van der Waals surface area contributed by atoms with Crippen LogP contribution >= 0.6 is 0 Å². The second kappa shape index (κ2) is 11.7. The van der Waals surface area contributed by atoms with Crippen LogP contribution in [-0.2, 0) is 16.0 Å².